The number of sulfonamides is 1. The lowest BCUT2D eigenvalue weighted by Crippen LogP contribution is -2.29. The van der Waals surface area contributed by atoms with Crippen LogP contribution in [0.5, 0.6) is 11.5 Å². The second kappa shape index (κ2) is 6.06. The molecular formula is C13H14N2O6S. The molecule has 2 rings (SSSR count). The van der Waals surface area contributed by atoms with Crippen LogP contribution in [0.1, 0.15) is 10.5 Å². The summed E-state index contributed by atoms with van der Waals surface area (Å²) >= 11 is 0. The Labute approximate surface area is 127 Å². The molecule has 8 nitrogen and oxygen atoms in total. The van der Waals surface area contributed by atoms with E-state index in [0.29, 0.717) is 17.1 Å². The van der Waals surface area contributed by atoms with Crippen LogP contribution in [-0.4, -0.2) is 40.0 Å². The number of methoxy groups -OCH3 is 2. The summed E-state index contributed by atoms with van der Waals surface area (Å²) in [5.41, 5.74) is 0.359. The van der Waals surface area contributed by atoms with Gasteiger partial charge in [0.25, 0.3) is 5.91 Å². The first-order valence-corrected chi connectivity index (χ1v) is 7.94. The summed E-state index contributed by atoms with van der Waals surface area (Å²) in [5.74, 6) is 0.426. The molecule has 22 heavy (non-hydrogen) atoms. The highest BCUT2D eigenvalue weighted by atomic mass is 32.2. The zero-order valence-electron chi connectivity index (χ0n) is 12.1. The Kier molecular flexibility index (Phi) is 4.36. The van der Waals surface area contributed by atoms with Crippen molar-refractivity contribution in [1.82, 2.24) is 9.88 Å². The fourth-order valence-electron chi connectivity index (χ4n) is 1.74. The molecule has 9 heteroatoms. The van der Waals surface area contributed by atoms with E-state index in [1.807, 2.05) is 0 Å². The number of nitrogens with one attached hydrogen (secondary N) is 1. The molecule has 0 aliphatic carbocycles. The van der Waals surface area contributed by atoms with Crippen molar-refractivity contribution in [2.75, 3.05) is 20.5 Å². The van der Waals surface area contributed by atoms with E-state index < -0.39 is 15.9 Å². The van der Waals surface area contributed by atoms with Crippen LogP contribution in [0.15, 0.2) is 28.8 Å². The monoisotopic (exact) mass is 326 g/mol. The average Bonchev–Trinajstić information content (AvgIpc) is 2.94. The Morgan fingerprint density at radius 1 is 1.23 bits per heavy atom. The summed E-state index contributed by atoms with van der Waals surface area (Å²) in [6, 6.07) is 6.35. The molecule has 0 unspecified atom stereocenters. The maximum Gasteiger partial charge on any atom is 0.286 e. The number of hydrogen-bond donors (Lipinski definition) is 1. The van der Waals surface area contributed by atoms with Crippen molar-refractivity contribution in [3.63, 3.8) is 0 Å². The van der Waals surface area contributed by atoms with E-state index in [-0.39, 0.29) is 11.5 Å². The third-order valence-corrected chi connectivity index (χ3v) is 3.25. The molecule has 0 aliphatic rings. The lowest BCUT2D eigenvalue weighted by Gasteiger charge is -2.07. The minimum Gasteiger partial charge on any atom is -0.497 e. The highest BCUT2D eigenvalue weighted by Crippen LogP contribution is 2.33. The molecular weight excluding hydrogens is 312 g/mol. The van der Waals surface area contributed by atoms with Crippen LogP contribution < -0.4 is 14.2 Å². The lowest BCUT2D eigenvalue weighted by atomic mass is 10.1. The van der Waals surface area contributed by atoms with Gasteiger partial charge in [-0.1, -0.05) is 5.16 Å². The number of nitrogens with zero attached hydrogens (tertiary/aromatic N) is 1. The van der Waals surface area contributed by atoms with Crippen molar-refractivity contribution in [3.8, 4) is 22.8 Å². The van der Waals surface area contributed by atoms with Crippen LogP contribution in [-0.2, 0) is 10.0 Å². The third-order valence-electron chi connectivity index (χ3n) is 2.69. The minimum atomic E-state index is -3.68. The number of amides is 1. The number of carbonyl (C=O) groups is 1. The topological polar surface area (TPSA) is 108 Å². The number of hydrogen-bond acceptors (Lipinski definition) is 7. The van der Waals surface area contributed by atoms with Gasteiger partial charge < -0.3 is 14.0 Å². The van der Waals surface area contributed by atoms with Gasteiger partial charge in [0, 0.05) is 6.07 Å². The largest absolute Gasteiger partial charge is 0.497 e. The van der Waals surface area contributed by atoms with Gasteiger partial charge in [-0.3, -0.25) is 4.79 Å². The van der Waals surface area contributed by atoms with Gasteiger partial charge in [-0.15, -0.1) is 0 Å². The van der Waals surface area contributed by atoms with Crippen molar-refractivity contribution in [1.29, 1.82) is 0 Å². The van der Waals surface area contributed by atoms with E-state index >= 15 is 0 Å². The smallest absolute Gasteiger partial charge is 0.286 e. The predicted molar refractivity (Wildman–Crippen MR) is 77.4 cm³/mol. The number of aromatic nitrogens is 1. The van der Waals surface area contributed by atoms with E-state index in [4.69, 9.17) is 14.0 Å². The predicted octanol–water partition coefficient (Wildman–Crippen LogP) is 1.05. The molecule has 1 aromatic carbocycles. The maximum atomic E-state index is 11.7. The molecule has 1 heterocycles. The van der Waals surface area contributed by atoms with Crippen LogP contribution in [0.3, 0.4) is 0 Å². The fraction of sp³-hybridized carbons (Fsp3) is 0.231. The summed E-state index contributed by atoms with van der Waals surface area (Å²) in [6.07, 6.45) is 0.872. The van der Waals surface area contributed by atoms with Crippen molar-refractivity contribution >= 4 is 15.9 Å². The Hall–Kier alpha value is -2.55. The molecule has 0 spiro atoms. The zero-order chi connectivity index (χ0) is 16.3. The summed E-state index contributed by atoms with van der Waals surface area (Å²) in [7, 11) is -0.680. The fourth-order valence-corrected chi connectivity index (χ4v) is 2.18. The number of ether oxygens (including phenoxy) is 2. The summed E-state index contributed by atoms with van der Waals surface area (Å²) in [5, 5.41) is 3.56. The van der Waals surface area contributed by atoms with E-state index in [0.717, 1.165) is 6.26 Å². The summed E-state index contributed by atoms with van der Waals surface area (Å²) in [4.78, 5) is 11.7. The minimum absolute atomic E-state index is 0.162. The SMILES string of the molecule is COc1ccc(OC)c(-c2cc(C(=O)NS(C)(=O)=O)no2)c1. The second-order valence-electron chi connectivity index (χ2n) is 4.35. The van der Waals surface area contributed by atoms with Gasteiger partial charge in [-0.25, -0.2) is 13.1 Å². The Bertz CT molecular complexity index is 797. The first-order chi connectivity index (χ1) is 10.3. The molecule has 1 aromatic heterocycles. The number of rotatable bonds is 5. The van der Waals surface area contributed by atoms with Gasteiger partial charge in [0.15, 0.2) is 11.5 Å². The molecule has 0 aliphatic heterocycles. The average molecular weight is 326 g/mol. The molecule has 0 saturated carbocycles. The van der Waals surface area contributed by atoms with Crippen molar-refractivity contribution in [2.45, 2.75) is 0 Å². The van der Waals surface area contributed by atoms with E-state index in [1.165, 1.54) is 20.3 Å². The lowest BCUT2D eigenvalue weighted by molar-refractivity contribution is 0.0973. The van der Waals surface area contributed by atoms with Gasteiger partial charge in [-0.05, 0) is 18.2 Å². The van der Waals surface area contributed by atoms with Crippen LogP contribution in [0.2, 0.25) is 0 Å². The molecule has 0 radical (unpaired) electrons. The van der Waals surface area contributed by atoms with Gasteiger partial charge in [0.2, 0.25) is 10.0 Å². The van der Waals surface area contributed by atoms with Crippen molar-refractivity contribution in [2.24, 2.45) is 0 Å². The van der Waals surface area contributed by atoms with Crippen molar-refractivity contribution < 1.29 is 27.2 Å². The molecule has 0 bridgehead atoms. The van der Waals surface area contributed by atoms with Crippen molar-refractivity contribution in [3.05, 3.63) is 30.0 Å². The van der Waals surface area contributed by atoms with Crippen LogP contribution in [0, 0.1) is 0 Å². The summed E-state index contributed by atoms with van der Waals surface area (Å²) < 4.78 is 39.3. The number of carbonyl (C=O) groups excluding carboxylic acids is 1. The molecule has 2 aromatic rings. The van der Waals surface area contributed by atoms with Crippen LogP contribution in [0.4, 0.5) is 0 Å². The normalized spacial score (nSPS) is 11.0. The van der Waals surface area contributed by atoms with Crippen LogP contribution >= 0.6 is 0 Å². The molecule has 0 fully saturated rings. The first-order valence-electron chi connectivity index (χ1n) is 6.05. The standard InChI is InChI=1S/C13H14N2O6S/c1-19-8-4-5-11(20-2)9(6-8)12-7-10(14-21-12)13(16)15-22(3,17)18/h4-7H,1-3H3,(H,15,16). The molecule has 118 valence electrons. The molecule has 1 N–H and O–H groups in total. The highest BCUT2D eigenvalue weighted by molar-refractivity contribution is 7.89. The van der Waals surface area contributed by atoms with E-state index in [2.05, 4.69) is 5.16 Å². The molecule has 1 amide bonds. The first kappa shape index (κ1) is 15.8. The maximum absolute atomic E-state index is 11.7. The van der Waals surface area contributed by atoms with Crippen LogP contribution in [0.25, 0.3) is 11.3 Å². The van der Waals surface area contributed by atoms with Gasteiger partial charge >= 0.3 is 0 Å². The molecule has 0 atom stereocenters. The Balaban J connectivity index is 2.37. The second-order valence-corrected chi connectivity index (χ2v) is 6.09. The quantitative estimate of drug-likeness (QED) is 0.874. The molecule has 0 saturated heterocycles. The Morgan fingerprint density at radius 3 is 2.55 bits per heavy atom. The van der Waals surface area contributed by atoms with E-state index in [9.17, 15) is 13.2 Å². The van der Waals surface area contributed by atoms with Gasteiger partial charge in [0.05, 0.1) is 26.0 Å². The number of benzene rings is 1. The highest BCUT2D eigenvalue weighted by Gasteiger charge is 2.19. The zero-order valence-corrected chi connectivity index (χ0v) is 12.9. The van der Waals surface area contributed by atoms with Gasteiger partial charge in [-0.2, -0.15) is 0 Å². The third kappa shape index (κ3) is 3.55. The Morgan fingerprint density at radius 2 is 1.95 bits per heavy atom. The van der Waals surface area contributed by atoms with E-state index in [1.54, 1.807) is 22.9 Å². The van der Waals surface area contributed by atoms with Gasteiger partial charge in [0.1, 0.15) is 11.5 Å². The summed E-state index contributed by atoms with van der Waals surface area (Å²) in [6.45, 7) is 0.